The van der Waals surface area contributed by atoms with Gasteiger partial charge in [-0.1, -0.05) is 0 Å². The maximum absolute atomic E-state index is 11.5. The van der Waals surface area contributed by atoms with Gasteiger partial charge in [0, 0.05) is 13.8 Å². The summed E-state index contributed by atoms with van der Waals surface area (Å²) < 4.78 is 32.1. The summed E-state index contributed by atoms with van der Waals surface area (Å²) in [5, 5.41) is 0. The quantitative estimate of drug-likeness (QED) is 0.651. The number of ether oxygens (including phenoxy) is 2. The first kappa shape index (κ1) is 13.9. The van der Waals surface area contributed by atoms with Crippen LogP contribution in [-0.4, -0.2) is 31.2 Å². The molecule has 0 aromatic heterocycles. The Bertz CT molecular complexity index is 316. The van der Waals surface area contributed by atoms with E-state index in [2.05, 4.69) is 9.47 Å². The minimum Gasteiger partial charge on any atom is -0.446 e. The third-order valence-electron chi connectivity index (χ3n) is 1.59. The molecule has 2 unspecified atom stereocenters. The zero-order valence-corrected chi connectivity index (χ0v) is 9.83. The van der Waals surface area contributed by atoms with Gasteiger partial charge in [-0.15, -0.1) is 0 Å². The van der Waals surface area contributed by atoms with Gasteiger partial charge in [-0.25, -0.2) is 8.42 Å². The van der Waals surface area contributed by atoms with Crippen molar-refractivity contribution in [2.24, 2.45) is 0 Å². The minimum absolute atomic E-state index is 0.707. The lowest BCUT2D eigenvalue weighted by Gasteiger charge is -2.18. The van der Waals surface area contributed by atoms with Gasteiger partial charge in [0.15, 0.2) is 0 Å². The van der Waals surface area contributed by atoms with Crippen LogP contribution in [0, 0.1) is 0 Å². The molecule has 0 rings (SSSR count). The lowest BCUT2D eigenvalue weighted by molar-refractivity contribution is -0.142. The Kier molecular flexibility index (Phi) is 4.73. The Labute approximate surface area is 88.5 Å². The van der Waals surface area contributed by atoms with Gasteiger partial charge in [-0.3, -0.25) is 9.59 Å². The molecule has 0 aliphatic carbocycles. The highest BCUT2D eigenvalue weighted by Gasteiger charge is 2.32. The third-order valence-corrected chi connectivity index (χ3v) is 3.63. The summed E-state index contributed by atoms with van der Waals surface area (Å²) in [5.74, 6) is -1.41. The summed E-state index contributed by atoms with van der Waals surface area (Å²) >= 11 is 0. The van der Waals surface area contributed by atoms with E-state index in [0.29, 0.717) is 0 Å². The van der Waals surface area contributed by atoms with Crippen LogP contribution in [-0.2, 0) is 28.9 Å². The van der Waals surface area contributed by atoms with E-state index in [1.165, 1.54) is 13.8 Å². The van der Waals surface area contributed by atoms with Gasteiger partial charge < -0.3 is 9.47 Å². The Balaban J connectivity index is 4.66. The summed E-state index contributed by atoms with van der Waals surface area (Å²) in [5.41, 5.74) is -2.66. The maximum Gasteiger partial charge on any atom is 0.303 e. The number of carbonyl (C=O) groups excluding carboxylic acids is 2. The van der Waals surface area contributed by atoms with Crippen LogP contribution in [0.5, 0.6) is 0 Å². The van der Waals surface area contributed by atoms with Crippen LogP contribution in [0.2, 0.25) is 0 Å². The Morgan fingerprint density at radius 3 is 1.40 bits per heavy atom. The first-order valence-electron chi connectivity index (χ1n) is 4.25. The summed E-state index contributed by atoms with van der Waals surface area (Å²) in [4.78, 5) is 21.1. The lowest BCUT2D eigenvalue weighted by atomic mass is 10.7. The van der Waals surface area contributed by atoms with E-state index in [1.807, 2.05) is 0 Å². The fraction of sp³-hybridized carbons (Fsp3) is 0.750. The zero-order chi connectivity index (χ0) is 12.2. The third kappa shape index (κ3) is 4.28. The zero-order valence-electron chi connectivity index (χ0n) is 9.01. The predicted octanol–water partition coefficient (Wildman–Crippen LogP) is 0.219. The fourth-order valence-corrected chi connectivity index (χ4v) is 1.95. The second-order valence-corrected chi connectivity index (χ2v) is 5.45. The van der Waals surface area contributed by atoms with Crippen LogP contribution in [0.25, 0.3) is 0 Å². The molecule has 6 nitrogen and oxygen atoms in total. The molecule has 0 amide bonds. The first-order valence-corrected chi connectivity index (χ1v) is 5.86. The molecule has 0 saturated heterocycles. The number of hydrogen-bond donors (Lipinski definition) is 0. The normalized spacial score (nSPS) is 15.2. The van der Waals surface area contributed by atoms with Crippen LogP contribution in [0.3, 0.4) is 0 Å². The van der Waals surface area contributed by atoms with Crippen molar-refractivity contribution in [3.8, 4) is 0 Å². The van der Waals surface area contributed by atoms with Crippen LogP contribution in [0.15, 0.2) is 0 Å². The standard InChI is InChI=1S/C8H14O6S/c1-5(9)13-7(3)15(11,12)8(4)14-6(2)10/h7-8H,1-4H3. The number of esters is 2. The largest absolute Gasteiger partial charge is 0.446 e. The van der Waals surface area contributed by atoms with Crippen molar-refractivity contribution in [1.82, 2.24) is 0 Å². The molecule has 0 aromatic rings. The highest BCUT2D eigenvalue weighted by Crippen LogP contribution is 2.12. The number of rotatable bonds is 4. The van der Waals surface area contributed by atoms with E-state index in [0.717, 1.165) is 13.8 Å². The molecule has 0 aliphatic heterocycles. The maximum atomic E-state index is 11.5. The molecule has 0 fully saturated rings. The molecule has 7 heteroatoms. The Morgan fingerprint density at radius 2 is 1.20 bits per heavy atom. The summed E-state index contributed by atoms with van der Waals surface area (Å²) in [7, 11) is -3.82. The van der Waals surface area contributed by atoms with Crippen LogP contribution >= 0.6 is 0 Å². The highest BCUT2D eigenvalue weighted by atomic mass is 32.2. The van der Waals surface area contributed by atoms with Gasteiger partial charge in [0.25, 0.3) is 0 Å². The Hall–Kier alpha value is -1.11. The lowest BCUT2D eigenvalue weighted by Crippen LogP contribution is -2.34. The summed E-state index contributed by atoms with van der Waals surface area (Å²) in [6, 6.07) is 0. The number of sulfone groups is 1. The topological polar surface area (TPSA) is 86.7 Å². The molecule has 88 valence electrons. The van der Waals surface area contributed by atoms with Crippen molar-refractivity contribution in [3.63, 3.8) is 0 Å². The summed E-state index contributed by atoms with van der Waals surface area (Å²) in [6.07, 6.45) is 0. The van der Waals surface area contributed by atoms with Crippen LogP contribution in [0.1, 0.15) is 27.7 Å². The minimum atomic E-state index is -3.82. The SMILES string of the molecule is CC(=O)OC(C)S(=O)(=O)C(C)OC(C)=O. The van der Waals surface area contributed by atoms with Crippen molar-refractivity contribution < 1.29 is 27.5 Å². The van der Waals surface area contributed by atoms with Crippen molar-refractivity contribution in [3.05, 3.63) is 0 Å². The molecule has 0 radical (unpaired) electrons. The second kappa shape index (κ2) is 5.11. The van der Waals surface area contributed by atoms with Gasteiger partial charge in [-0.05, 0) is 13.8 Å². The number of carbonyl (C=O) groups is 2. The van der Waals surface area contributed by atoms with E-state index in [4.69, 9.17) is 0 Å². The Morgan fingerprint density at radius 1 is 0.933 bits per heavy atom. The van der Waals surface area contributed by atoms with E-state index in [9.17, 15) is 18.0 Å². The van der Waals surface area contributed by atoms with Crippen LogP contribution < -0.4 is 0 Å². The smallest absolute Gasteiger partial charge is 0.303 e. The number of hydrogen-bond acceptors (Lipinski definition) is 6. The van der Waals surface area contributed by atoms with E-state index in [-0.39, 0.29) is 0 Å². The molecular weight excluding hydrogens is 224 g/mol. The van der Waals surface area contributed by atoms with Crippen molar-refractivity contribution in [2.45, 2.75) is 38.6 Å². The van der Waals surface area contributed by atoms with Crippen molar-refractivity contribution in [1.29, 1.82) is 0 Å². The molecule has 0 aliphatic rings. The summed E-state index contributed by atoms with van der Waals surface area (Å²) in [6.45, 7) is 4.61. The molecule has 0 saturated carbocycles. The predicted molar refractivity (Wildman–Crippen MR) is 51.4 cm³/mol. The second-order valence-electron chi connectivity index (χ2n) is 2.94. The van der Waals surface area contributed by atoms with E-state index in [1.54, 1.807) is 0 Å². The van der Waals surface area contributed by atoms with Gasteiger partial charge in [-0.2, -0.15) is 0 Å². The molecule has 0 aromatic carbocycles. The molecule has 15 heavy (non-hydrogen) atoms. The van der Waals surface area contributed by atoms with Crippen molar-refractivity contribution >= 4 is 21.8 Å². The molecule has 0 heterocycles. The molecule has 0 N–H and O–H groups in total. The van der Waals surface area contributed by atoms with Crippen molar-refractivity contribution in [2.75, 3.05) is 0 Å². The van der Waals surface area contributed by atoms with Gasteiger partial charge >= 0.3 is 11.9 Å². The first-order chi connectivity index (χ1) is 6.67. The molecular formula is C8H14O6S. The average Bonchev–Trinajstić information content (AvgIpc) is 2.01. The van der Waals surface area contributed by atoms with E-state index >= 15 is 0 Å². The average molecular weight is 238 g/mol. The molecule has 0 spiro atoms. The molecule has 2 atom stereocenters. The van der Waals surface area contributed by atoms with Gasteiger partial charge in [0.2, 0.25) is 20.7 Å². The van der Waals surface area contributed by atoms with E-state index < -0.39 is 32.6 Å². The van der Waals surface area contributed by atoms with Gasteiger partial charge in [0.1, 0.15) is 0 Å². The highest BCUT2D eigenvalue weighted by molar-refractivity contribution is 7.92. The monoisotopic (exact) mass is 238 g/mol. The molecule has 0 bridgehead atoms. The fourth-order valence-electron chi connectivity index (χ4n) is 0.871. The van der Waals surface area contributed by atoms with Crippen LogP contribution in [0.4, 0.5) is 0 Å². The van der Waals surface area contributed by atoms with Gasteiger partial charge in [0.05, 0.1) is 0 Å².